The second-order valence-corrected chi connectivity index (χ2v) is 7.91. The van der Waals surface area contributed by atoms with Gasteiger partial charge in [-0.2, -0.15) is 0 Å². The minimum atomic E-state index is -0.471. The van der Waals surface area contributed by atoms with Crippen LogP contribution in [0.25, 0.3) is 0 Å². The summed E-state index contributed by atoms with van der Waals surface area (Å²) < 4.78 is 4.95. The van der Waals surface area contributed by atoms with Gasteiger partial charge >= 0.3 is 12.0 Å². The molecule has 1 aliphatic heterocycles. The predicted octanol–water partition coefficient (Wildman–Crippen LogP) is 4.95. The Morgan fingerprint density at radius 1 is 1.13 bits per heavy atom. The Balaban J connectivity index is 1.77. The van der Waals surface area contributed by atoms with E-state index in [0.717, 1.165) is 5.56 Å². The lowest BCUT2D eigenvalue weighted by Gasteiger charge is -2.35. The van der Waals surface area contributed by atoms with Crippen LogP contribution in [0, 0.1) is 0 Å². The lowest BCUT2D eigenvalue weighted by atomic mass is 9.95. The number of allylic oxidation sites excluding steroid dienone is 1. The van der Waals surface area contributed by atoms with Crippen molar-refractivity contribution in [3.63, 3.8) is 0 Å². The summed E-state index contributed by atoms with van der Waals surface area (Å²) in [4.78, 5) is 26.4. The molecule has 0 saturated carbocycles. The van der Waals surface area contributed by atoms with Gasteiger partial charge in [0.2, 0.25) is 0 Å². The normalized spacial score (nSPS) is 16.0. The van der Waals surface area contributed by atoms with Gasteiger partial charge in [0, 0.05) is 18.4 Å². The molecule has 0 fully saturated rings. The zero-order chi connectivity index (χ0) is 22.7. The highest BCUT2D eigenvalue weighted by molar-refractivity contribution is 7.80. The van der Waals surface area contributed by atoms with E-state index >= 15 is 0 Å². The number of thiocarbonyl (C=S) groups is 1. The van der Waals surface area contributed by atoms with Gasteiger partial charge in [0.05, 0.1) is 34.5 Å². The van der Waals surface area contributed by atoms with Crippen LogP contribution in [0.5, 0.6) is 0 Å². The van der Waals surface area contributed by atoms with Gasteiger partial charge in [-0.05, 0) is 49.0 Å². The van der Waals surface area contributed by atoms with Gasteiger partial charge in [-0.1, -0.05) is 41.4 Å². The highest BCUT2D eigenvalue weighted by Gasteiger charge is 2.33. The standard InChI is InChI=1S/C21H20Cl2N4O3S/c1-11-16(19(28)30-3)18(26-21(31)27(11)2)12-7-9-13(10-8-12)24-20(29)25-15-6-4-5-14(22)17(15)23/h4-10,18H,1-3H3,(H,26,31)(H2,24,25,29). The van der Waals surface area contributed by atoms with Crippen LogP contribution in [0.15, 0.2) is 53.7 Å². The molecule has 2 aromatic rings. The first-order valence-corrected chi connectivity index (χ1v) is 10.3. The van der Waals surface area contributed by atoms with Crippen molar-refractivity contribution in [3.05, 3.63) is 69.3 Å². The van der Waals surface area contributed by atoms with Crippen LogP contribution < -0.4 is 16.0 Å². The first-order chi connectivity index (χ1) is 14.7. The summed E-state index contributed by atoms with van der Waals surface area (Å²) in [5.41, 5.74) is 2.91. The molecule has 0 radical (unpaired) electrons. The molecule has 0 aromatic heterocycles. The van der Waals surface area contributed by atoms with E-state index in [4.69, 9.17) is 40.2 Å². The van der Waals surface area contributed by atoms with Gasteiger partial charge in [0.15, 0.2) is 5.11 Å². The molecule has 2 aromatic carbocycles. The Kier molecular flexibility index (Phi) is 7.04. The number of carbonyl (C=O) groups is 2. The third-order valence-corrected chi connectivity index (χ3v) is 6.07. The summed E-state index contributed by atoms with van der Waals surface area (Å²) in [5, 5.41) is 9.64. The summed E-state index contributed by atoms with van der Waals surface area (Å²) in [7, 11) is 3.12. The lowest BCUT2D eigenvalue weighted by molar-refractivity contribution is -0.136. The van der Waals surface area contributed by atoms with Gasteiger partial charge < -0.3 is 25.6 Å². The topological polar surface area (TPSA) is 82.7 Å². The quantitative estimate of drug-likeness (QED) is 0.426. The van der Waals surface area contributed by atoms with E-state index in [1.54, 1.807) is 54.4 Å². The first-order valence-electron chi connectivity index (χ1n) is 9.18. The number of rotatable bonds is 4. The van der Waals surface area contributed by atoms with Gasteiger partial charge in [-0.3, -0.25) is 0 Å². The number of hydrogen-bond acceptors (Lipinski definition) is 4. The number of nitrogens with zero attached hydrogens (tertiary/aromatic N) is 1. The molecule has 2 amide bonds. The SMILES string of the molecule is COC(=O)C1=C(C)N(C)C(=S)NC1c1ccc(NC(=O)Nc2cccc(Cl)c2Cl)cc1. The molecule has 31 heavy (non-hydrogen) atoms. The van der Waals surface area contributed by atoms with E-state index in [1.807, 2.05) is 6.92 Å². The molecular weight excluding hydrogens is 459 g/mol. The third-order valence-electron chi connectivity index (χ3n) is 4.86. The van der Waals surface area contributed by atoms with E-state index in [0.29, 0.717) is 32.8 Å². The number of halogens is 2. The van der Waals surface area contributed by atoms with Crippen LogP contribution in [0.3, 0.4) is 0 Å². The smallest absolute Gasteiger partial charge is 0.337 e. The summed E-state index contributed by atoms with van der Waals surface area (Å²) in [5.74, 6) is -0.440. The van der Waals surface area contributed by atoms with Crippen LogP contribution in [-0.2, 0) is 9.53 Å². The molecule has 1 atom stereocenters. The molecule has 0 spiro atoms. The monoisotopic (exact) mass is 478 g/mol. The number of amides is 2. The van der Waals surface area contributed by atoms with E-state index in [2.05, 4.69) is 16.0 Å². The van der Waals surface area contributed by atoms with Crippen molar-refractivity contribution < 1.29 is 14.3 Å². The molecule has 1 unspecified atom stereocenters. The molecule has 1 aliphatic rings. The maximum absolute atomic E-state index is 12.4. The molecule has 3 rings (SSSR count). The molecule has 3 N–H and O–H groups in total. The summed E-state index contributed by atoms with van der Waals surface area (Å²) in [6.07, 6.45) is 0. The fourth-order valence-corrected chi connectivity index (χ4v) is 3.71. The number of anilines is 2. The van der Waals surface area contributed by atoms with Crippen molar-refractivity contribution in [3.8, 4) is 0 Å². The zero-order valence-electron chi connectivity index (χ0n) is 17.0. The minimum Gasteiger partial charge on any atom is -0.466 e. The Hall–Kier alpha value is -2.81. The molecule has 0 aliphatic carbocycles. The van der Waals surface area contributed by atoms with Crippen molar-refractivity contribution in [1.82, 2.24) is 10.2 Å². The number of hydrogen-bond donors (Lipinski definition) is 3. The van der Waals surface area contributed by atoms with Crippen LogP contribution in [0.4, 0.5) is 16.2 Å². The van der Waals surface area contributed by atoms with Crippen LogP contribution in [-0.4, -0.2) is 36.2 Å². The van der Waals surface area contributed by atoms with Crippen molar-refractivity contribution >= 4 is 63.9 Å². The molecule has 7 nitrogen and oxygen atoms in total. The number of carbonyl (C=O) groups excluding carboxylic acids is 2. The number of benzene rings is 2. The van der Waals surface area contributed by atoms with E-state index in [9.17, 15) is 9.59 Å². The Labute approximate surface area is 195 Å². The van der Waals surface area contributed by atoms with Gasteiger partial charge in [0.1, 0.15) is 0 Å². The molecule has 0 saturated heterocycles. The highest BCUT2D eigenvalue weighted by atomic mass is 35.5. The largest absolute Gasteiger partial charge is 0.466 e. The summed E-state index contributed by atoms with van der Waals surface area (Å²) in [6, 6.07) is 11.1. The Morgan fingerprint density at radius 3 is 2.45 bits per heavy atom. The van der Waals surface area contributed by atoms with Crippen LogP contribution in [0.2, 0.25) is 10.0 Å². The number of nitrogens with one attached hydrogen (secondary N) is 3. The number of esters is 1. The number of urea groups is 1. The molecule has 0 bridgehead atoms. The Morgan fingerprint density at radius 2 is 1.81 bits per heavy atom. The number of methoxy groups -OCH3 is 1. The maximum atomic E-state index is 12.4. The first kappa shape index (κ1) is 22.9. The fourth-order valence-electron chi connectivity index (χ4n) is 3.10. The highest BCUT2D eigenvalue weighted by Crippen LogP contribution is 2.32. The maximum Gasteiger partial charge on any atom is 0.337 e. The predicted molar refractivity (Wildman–Crippen MR) is 126 cm³/mol. The molecule has 1 heterocycles. The minimum absolute atomic E-state index is 0.261. The van der Waals surface area contributed by atoms with Crippen molar-refractivity contribution in [2.45, 2.75) is 13.0 Å². The molecule has 10 heteroatoms. The average molecular weight is 479 g/mol. The number of ether oxygens (including phenoxy) is 1. The van der Waals surface area contributed by atoms with Gasteiger partial charge in [0.25, 0.3) is 0 Å². The van der Waals surface area contributed by atoms with Gasteiger partial charge in [-0.15, -0.1) is 0 Å². The summed E-state index contributed by atoms with van der Waals surface area (Å²) in [6.45, 7) is 1.81. The second-order valence-electron chi connectivity index (χ2n) is 6.73. The second kappa shape index (κ2) is 9.55. The Bertz CT molecular complexity index is 1070. The zero-order valence-corrected chi connectivity index (χ0v) is 19.3. The van der Waals surface area contributed by atoms with E-state index in [1.165, 1.54) is 7.11 Å². The molecule has 162 valence electrons. The van der Waals surface area contributed by atoms with Crippen molar-refractivity contribution in [1.29, 1.82) is 0 Å². The lowest BCUT2D eigenvalue weighted by Crippen LogP contribution is -2.46. The average Bonchev–Trinajstić information content (AvgIpc) is 2.75. The van der Waals surface area contributed by atoms with E-state index < -0.39 is 18.0 Å². The van der Waals surface area contributed by atoms with Crippen LogP contribution >= 0.6 is 35.4 Å². The fraction of sp³-hybridized carbons (Fsp3) is 0.190. The van der Waals surface area contributed by atoms with Crippen molar-refractivity contribution in [2.75, 3.05) is 24.8 Å². The van der Waals surface area contributed by atoms with E-state index in [-0.39, 0.29) is 5.02 Å². The van der Waals surface area contributed by atoms with Crippen LogP contribution in [0.1, 0.15) is 18.5 Å². The summed E-state index contributed by atoms with van der Waals surface area (Å²) >= 11 is 17.4. The van der Waals surface area contributed by atoms with Gasteiger partial charge in [-0.25, -0.2) is 9.59 Å². The van der Waals surface area contributed by atoms with Crippen molar-refractivity contribution in [2.24, 2.45) is 0 Å². The molecular formula is C21H20Cl2N4O3S. The third kappa shape index (κ3) is 4.92.